The summed E-state index contributed by atoms with van der Waals surface area (Å²) in [6.45, 7) is 9.89. The van der Waals surface area contributed by atoms with Crippen molar-refractivity contribution < 1.29 is 9.52 Å². The zero-order chi connectivity index (χ0) is 24.0. The number of fused-ring (bicyclic) bond motifs is 2. The van der Waals surface area contributed by atoms with Gasteiger partial charge in [-0.2, -0.15) is 0 Å². The number of para-hydroxylation sites is 1. The van der Waals surface area contributed by atoms with Crippen molar-refractivity contribution >= 4 is 32.5 Å². The number of likely N-dealkylation sites (tertiary alicyclic amines) is 1. The largest absolute Gasteiger partial charge is 0.507 e. The lowest BCUT2D eigenvalue weighted by Crippen LogP contribution is -2.36. The second kappa shape index (κ2) is 9.16. The van der Waals surface area contributed by atoms with Crippen LogP contribution >= 0.6 is 11.3 Å². The van der Waals surface area contributed by atoms with Crippen molar-refractivity contribution in [3.8, 4) is 16.3 Å². The normalized spacial score (nSPS) is 17.3. The fraction of sp³-hybridized carbons (Fsp3) is 0.429. The number of benzene rings is 2. The van der Waals surface area contributed by atoms with Crippen molar-refractivity contribution in [2.75, 3.05) is 6.54 Å². The summed E-state index contributed by atoms with van der Waals surface area (Å²) in [6, 6.07) is 10.2. The van der Waals surface area contributed by atoms with Crippen LogP contribution in [0.4, 0.5) is 0 Å². The van der Waals surface area contributed by atoms with Gasteiger partial charge in [-0.05, 0) is 56.5 Å². The SMILES string of the molecule is CCc1cc2c(=O)c(-c3nc4ccccc4s3)c(C(C)C)oc2c(CN2CCCCC2C)c1O. The molecule has 4 aromatic rings. The van der Waals surface area contributed by atoms with E-state index >= 15 is 0 Å². The summed E-state index contributed by atoms with van der Waals surface area (Å²) in [6.07, 6.45) is 4.18. The van der Waals surface area contributed by atoms with Crippen LogP contribution in [0.15, 0.2) is 39.5 Å². The molecule has 1 atom stereocenters. The molecule has 34 heavy (non-hydrogen) atoms. The van der Waals surface area contributed by atoms with Gasteiger partial charge in [0.25, 0.3) is 0 Å². The van der Waals surface area contributed by atoms with Gasteiger partial charge in [-0.15, -0.1) is 11.3 Å². The first-order valence-corrected chi connectivity index (χ1v) is 13.1. The fourth-order valence-corrected chi connectivity index (χ4v) is 6.08. The van der Waals surface area contributed by atoms with Gasteiger partial charge in [0.1, 0.15) is 22.1 Å². The lowest BCUT2D eigenvalue weighted by Gasteiger charge is -2.33. The molecule has 2 aromatic carbocycles. The Morgan fingerprint density at radius 3 is 2.76 bits per heavy atom. The quantitative estimate of drug-likeness (QED) is 0.342. The van der Waals surface area contributed by atoms with Crippen LogP contribution in [-0.2, 0) is 13.0 Å². The Bertz CT molecular complexity index is 1390. The number of hydrogen-bond donors (Lipinski definition) is 1. The molecule has 1 N–H and O–H groups in total. The molecule has 1 unspecified atom stereocenters. The van der Waals surface area contributed by atoms with Crippen molar-refractivity contribution in [3.63, 3.8) is 0 Å². The van der Waals surface area contributed by atoms with Gasteiger partial charge in [0.05, 0.1) is 26.7 Å². The highest BCUT2D eigenvalue weighted by molar-refractivity contribution is 7.21. The molecule has 0 aliphatic carbocycles. The average Bonchev–Trinajstić information content (AvgIpc) is 3.25. The molecule has 1 fully saturated rings. The second-order valence-corrected chi connectivity index (χ2v) is 10.8. The molecular formula is C28H32N2O3S. The van der Waals surface area contributed by atoms with E-state index in [0.717, 1.165) is 40.7 Å². The van der Waals surface area contributed by atoms with Crippen molar-refractivity contribution in [1.82, 2.24) is 9.88 Å². The van der Waals surface area contributed by atoms with Crippen molar-refractivity contribution in [3.05, 3.63) is 57.4 Å². The topological polar surface area (TPSA) is 66.6 Å². The smallest absolute Gasteiger partial charge is 0.203 e. The second-order valence-electron chi connectivity index (χ2n) is 9.72. The maximum Gasteiger partial charge on any atom is 0.203 e. The predicted octanol–water partition coefficient (Wildman–Crippen LogP) is 6.84. The van der Waals surface area contributed by atoms with Crippen LogP contribution in [0.5, 0.6) is 5.75 Å². The van der Waals surface area contributed by atoms with Crippen LogP contribution in [0.1, 0.15) is 69.8 Å². The summed E-state index contributed by atoms with van der Waals surface area (Å²) in [5, 5.41) is 12.4. The standard InChI is InChI=1S/C28H32N2O3S/c1-5-18-14-19-25(32)23(28-29-21-11-6-7-12-22(21)34-28)26(16(2)3)33-27(19)20(24(18)31)15-30-13-9-8-10-17(30)4/h6-7,11-12,14,16-17,31H,5,8-10,13,15H2,1-4H3. The summed E-state index contributed by atoms with van der Waals surface area (Å²) in [5.74, 6) is 0.889. The van der Waals surface area contributed by atoms with E-state index in [1.807, 2.05) is 51.1 Å². The number of hydrogen-bond acceptors (Lipinski definition) is 6. The Hall–Kier alpha value is -2.70. The highest BCUT2D eigenvalue weighted by Crippen LogP contribution is 2.39. The lowest BCUT2D eigenvalue weighted by atomic mass is 9.96. The zero-order valence-electron chi connectivity index (χ0n) is 20.4. The molecule has 0 amide bonds. The average molecular weight is 477 g/mol. The molecule has 1 saturated heterocycles. The molecule has 3 heterocycles. The van der Waals surface area contributed by atoms with Crippen molar-refractivity contribution in [2.24, 2.45) is 0 Å². The van der Waals surface area contributed by atoms with Crippen LogP contribution in [0.2, 0.25) is 0 Å². The Morgan fingerprint density at radius 1 is 1.26 bits per heavy atom. The van der Waals surface area contributed by atoms with E-state index in [1.165, 1.54) is 17.8 Å². The van der Waals surface area contributed by atoms with E-state index in [0.29, 0.717) is 46.3 Å². The minimum atomic E-state index is -0.0633. The summed E-state index contributed by atoms with van der Waals surface area (Å²) in [5.41, 5.74) is 3.41. The number of thiazole rings is 1. The Labute approximate surface area is 204 Å². The molecule has 1 aliphatic heterocycles. The van der Waals surface area contributed by atoms with Gasteiger partial charge < -0.3 is 9.52 Å². The van der Waals surface area contributed by atoms with Crippen LogP contribution in [0.3, 0.4) is 0 Å². The molecular weight excluding hydrogens is 444 g/mol. The van der Waals surface area contributed by atoms with Gasteiger partial charge in [0, 0.05) is 18.5 Å². The van der Waals surface area contributed by atoms with Gasteiger partial charge in [0.15, 0.2) is 0 Å². The molecule has 5 nitrogen and oxygen atoms in total. The van der Waals surface area contributed by atoms with Gasteiger partial charge >= 0.3 is 0 Å². The fourth-order valence-electron chi connectivity index (χ4n) is 5.06. The van der Waals surface area contributed by atoms with E-state index in [1.54, 1.807) is 0 Å². The Kier molecular flexibility index (Phi) is 6.21. The highest BCUT2D eigenvalue weighted by Gasteiger charge is 2.27. The monoisotopic (exact) mass is 476 g/mol. The van der Waals surface area contributed by atoms with Crippen LogP contribution < -0.4 is 5.43 Å². The molecule has 6 heteroatoms. The molecule has 1 aliphatic rings. The van der Waals surface area contributed by atoms with Crippen LogP contribution in [-0.4, -0.2) is 27.6 Å². The zero-order valence-corrected chi connectivity index (χ0v) is 21.2. The first-order chi connectivity index (χ1) is 16.4. The third-order valence-electron chi connectivity index (χ3n) is 7.07. The maximum absolute atomic E-state index is 14.0. The van der Waals surface area contributed by atoms with E-state index in [2.05, 4.69) is 11.8 Å². The molecule has 178 valence electrons. The highest BCUT2D eigenvalue weighted by atomic mass is 32.1. The summed E-state index contributed by atoms with van der Waals surface area (Å²) in [4.78, 5) is 21.2. The number of aromatic nitrogens is 1. The first kappa shape index (κ1) is 23.1. The third-order valence-corrected chi connectivity index (χ3v) is 8.13. The van der Waals surface area contributed by atoms with E-state index < -0.39 is 0 Å². The van der Waals surface area contributed by atoms with E-state index in [9.17, 15) is 9.90 Å². The third kappa shape index (κ3) is 3.93. The first-order valence-electron chi connectivity index (χ1n) is 12.3. The Balaban J connectivity index is 1.77. The van der Waals surface area contributed by atoms with Crippen LogP contribution in [0.25, 0.3) is 31.8 Å². The molecule has 0 radical (unpaired) electrons. The lowest BCUT2D eigenvalue weighted by molar-refractivity contribution is 0.151. The number of phenolic OH excluding ortho intramolecular Hbond substituents is 1. The molecule has 0 saturated carbocycles. The minimum absolute atomic E-state index is 0.00568. The Morgan fingerprint density at radius 2 is 2.06 bits per heavy atom. The predicted molar refractivity (Wildman–Crippen MR) is 140 cm³/mol. The number of phenols is 1. The number of rotatable bonds is 5. The van der Waals surface area contributed by atoms with Gasteiger partial charge in [-0.25, -0.2) is 4.98 Å². The number of piperidine rings is 1. The van der Waals surface area contributed by atoms with Gasteiger partial charge in [0.2, 0.25) is 5.43 Å². The van der Waals surface area contributed by atoms with E-state index in [-0.39, 0.29) is 17.1 Å². The maximum atomic E-state index is 14.0. The van der Waals surface area contributed by atoms with Gasteiger partial charge in [-0.1, -0.05) is 39.3 Å². The molecule has 2 aromatic heterocycles. The van der Waals surface area contributed by atoms with E-state index in [4.69, 9.17) is 9.40 Å². The minimum Gasteiger partial charge on any atom is -0.507 e. The van der Waals surface area contributed by atoms with Crippen molar-refractivity contribution in [2.45, 2.75) is 71.9 Å². The number of aromatic hydroxyl groups is 1. The summed E-state index contributed by atoms with van der Waals surface area (Å²) in [7, 11) is 0. The molecule has 5 rings (SSSR count). The number of aryl methyl sites for hydroxylation is 1. The van der Waals surface area contributed by atoms with Crippen molar-refractivity contribution in [1.29, 1.82) is 0 Å². The molecule has 0 spiro atoms. The molecule has 0 bridgehead atoms. The van der Waals surface area contributed by atoms with Gasteiger partial charge in [-0.3, -0.25) is 9.69 Å². The van der Waals surface area contributed by atoms with Crippen LogP contribution in [0, 0.1) is 0 Å². The summed E-state index contributed by atoms with van der Waals surface area (Å²) >= 11 is 1.52. The summed E-state index contributed by atoms with van der Waals surface area (Å²) < 4.78 is 7.60. The number of nitrogens with zero attached hydrogens (tertiary/aromatic N) is 2.